The van der Waals surface area contributed by atoms with Gasteiger partial charge in [0.1, 0.15) is 0 Å². The van der Waals surface area contributed by atoms with Gasteiger partial charge in [-0.25, -0.2) is 4.98 Å². The van der Waals surface area contributed by atoms with Crippen molar-refractivity contribution in [2.45, 2.75) is 6.54 Å². The van der Waals surface area contributed by atoms with E-state index in [0.717, 1.165) is 55.7 Å². The van der Waals surface area contributed by atoms with Crippen molar-refractivity contribution in [3.63, 3.8) is 0 Å². The summed E-state index contributed by atoms with van der Waals surface area (Å²) in [5.74, 6) is 1.08. The van der Waals surface area contributed by atoms with E-state index in [0.29, 0.717) is 6.54 Å². The van der Waals surface area contributed by atoms with Crippen molar-refractivity contribution in [1.29, 1.82) is 0 Å². The van der Waals surface area contributed by atoms with Crippen LogP contribution >= 0.6 is 11.3 Å². The summed E-state index contributed by atoms with van der Waals surface area (Å²) in [7, 11) is 4.25. The van der Waals surface area contributed by atoms with Crippen LogP contribution in [-0.4, -0.2) is 72.5 Å². The average Bonchev–Trinajstić information content (AvgIpc) is 3.05. The van der Waals surface area contributed by atoms with Gasteiger partial charge in [-0.3, -0.25) is 9.30 Å². The van der Waals surface area contributed by atoms with E-state index >= 15 is 0 Å². The predicted octanol–water partition coefficient (Wildman–Crippen LogP) is 0.538. The molecule has 0 amide bonds. The molecule has 0 aromatic carbocycles. The maximum Gasteiger partial charge on any atom is 0.195 e. The molecule has 1 fully saturated rings. The molecule has 0 spiro atoms. The Labute approximate surface area is 129 Å². The number of rotatable bonds is 5. The molecule has 6 nitrogen and oxygen atoms in total. The van der Waals surface area contributed by atoms with Gasteiger partial charge in [0.05, 0.1) is 5.69 Å². The van der Waals surface area contributed by atoms with Crippen molar-refractivity contribution in [1.82, 2.24) is 19.2 Å². The van der Waals surface area contributed by atoms with Gasteiger partial charge in [-0.05, 0) is 14.1 Å². The Balaban J connectivity index is 1.66. The van der Waals surface area contributed by atoms with E-state index in [1.54, 1.807) is 11.3 Å². The molecular weight excluding hydrogens is 284 g/mol. The second-order valence-electron chi connectivity index (χ2n) is 5.77. The third kappa shape index (κ3) is 3.06. The van der Waals surface area contributed by atoms with Gasteiger partial charge < -0.3 is 15.5 Å². The lowest BCUT2D eigenvalue weighted by atomic mass is 10.3. The number of thiazole rings is 1. The highest BCUT2D eigenvalue weighted by Crippen LogP contribution is 2.25. The molecule has 0 unspecified atom stereocenters. The molecule has 1 aliphatic rings. The Bertz CT molecular complexity index is 581. The average molecular weight is 308 g/mol. The first-order valence-corrected chi connectivity index (χ1v) is 8.33. The van der Waals surface area contributed by atoms with E-state index in [2.05, 4.69) is 44.8 Å². The molecule has 0 aliphatic carbocycles. The van der Waals surface area contributed by atoms with Gasteiger partial charge in [0, 0.05) is 57.4 Å². The molecule has 2 aromatic rings. The molecule has 2 aromatic heterocycles. The van der Waals surface area contributed by atoms with Gasteiger partial charge in [-0.15, -0.1) is 11.3 Å². The quantitative estimate of drug-likeness (QED) is 0.874. The highest BCUT2D eigenvalue weighted by atomic mass is 32.1. The molecule has 21 heavy (non-hydrogen) atoms. The van der Waals surface area contributed by atoms with Crippen LogP contribution in [0.25, 0.3) is 4.96 Å². The molecule has 1 saturated heterocycles. The first-order chi connectivity index (χ1) is 10.2. The number of likely N-dealkylation sites (N-methyl/N-ethyl adjacent to an activating group) is 1. The zero-order chi connectivity index (χ0) is 14.8. The lowest BCUT2D eigenvalue weighted by molar-refractivity contribution is 0.229. The zero-order valence-corrected chi connectivity index (χ0v) is 13.6. The molecular formula is C14H24N6S. The monoisotopic (exact) mass is 308 g/mol. The summed E-state index contributed by atoms with van der Waals surface area (Å²) in [6.45, 7) is 7.06. The largest absolute Gasteiger partial charge is 0.352 e. The SMILES string of the molecule is CN(C)CCN1CCN(c2nc3sccn3c2CN)CC1. The topological polar surface area (TPSA) is 53.0 Å². The van der Waals surface area contributed by atoms with Crippen LogP contribution in [0.5, 0.6) is 0 Å². The first kappa shape index (κ1) is 14.8. The van der Waals surface area contributed by atoms with Crippen molar-refractivity contribution >= 4 is 22.1 Å². The lowest BCUT2D eigenvalue weighted by Crippen LogP contribution is -2.48. The number of piperazine rings is 1. The molecule has 3 rings (SSSR count). The van der Waals surface area contributed by atoms with E-state index < -0.39 is 0 Å². The molecule has 3 heterocycles. The Kier molecular flexibility index (Phi) is 4.44. The van der Waals surface area contributed by atoms with Gasteiger partial charge in [-0.2, -0.15) is 0 Å². The normalized spacial score (nSPS) is 17.2. The van der Waals surface area contributed by atoms with Crippen LogP contribution in [0.2, 0.25) is 0 Å². The number of hydrogen-bond donors (Lipinski definition) is 1. The number of fused-ring (bicyclic) bond motifs is 1. The van der Waals surface area contributed by atoms with Crippen LogP contribution < -0.4 is 10.6 Å². The number of hydrogen-bond acceptors (Lipinski definition) is 6. The van der Waals surface area contributed by atoms with Crippen molar-refractivity contribution in [3.8, 4) is 0 Å². The standard InChI is InChI=1S/C14H24N6S/c1-17(2)3-4-18-5-7-19(8-6-18)13-12(11-15)20-9-10-21-14(20)16-13/h9-10H,3-8,11,15H2,1-2H3. The van der Waals surface area contributed by atoms with E-state index in [1.165, 1.54) is 0 Å². The summed E-state index contributed by atoms with van der Waals surface area (Å²) in [6.07, 6.45) is 2.06. The fourth-order valence-corrected chi connectivity index (χ4v) is 3.52. The Morgan fingerprint density at radius 1 is 1.29 bits per heavy atom. The van der Waals surface area contributed by atoms with Crippen LogP contribution in [0, 0.1) is 0 Å². The van der Waals surface area contributed by atoms with Crippen molar-refractivity contribution < 1.29 is 0 Å². The van der Waals surface area contributed by atoms with E-state index in [1.807, 2.05) is 0 Å². The molecule has 0 radical (unpaired) electrons. The number of anilines is 1. The van der Waals surface area contributed by atoms with Crippen molar-refractivity contribution in [2.24, 2.45) is 5.73 Å². The Morgan fingerprint density at radius 3 is 2.71 bits per heavy atom. The third-order valence-corrected chi connectivity index (χ3v) is 4.83. The summed E-state index contributed by atoms with van der Waals surface area (Å²) >= 11 is 1.67. The zero-order valence-electron chi connectivity index (χ0n) is 12.8. The summed E-state index contributed by atoms with van der Waals surface area (Å²) in [6, 6.07) is 0. The van der Waals surface area contributed by atoms with Crippen LogP contribution in [0.3, 0.4) is 0 Å². The molecule has 0 atom stereocenters. The third-order valence-electron chi connectivity index (χ3n) is 4.07. The fraction of sp³-hybridized carbons (Fsp3) is 0.643. The summed E-state index contributed by atoms with van der Waals surface area (Å²) in [5, 5.41) is 2.06. The van der Waals surface area contributed by atoms with Crippen LogP contribution in [0.1, 0.15) is 5.69 Å². The van der Waals surface area contributed by atoms with E-state index in [9.17, 15) is 0 Å². The summed E-state index contributed by atoms with van der Waals surface area (Å²) in [4.78, 5) is 13.0. The maximum absolute atomic E-state index is 5.94. The second kappa shape index (κ2) is 6.31. The van der Waals surface area contributed by atoms with Gasteiger partial charge in [0.15, 0.2) is 10.8 Å². The molecule has 1 aliphatic heterocycles. The molecule has 0 bridgehead atoms. The highest BCUT2D eigenvalue weighted by molar-refractivity contribution is 7.15. The minimum atomic E-state index is 0.536. The number of imidazole rings is 1. The first-order valence-electron chi connectivity index (χ1n) is 7.45. The number of aromatic nitrogens is 2. The van der Waals surface area contributed by atoms with E-state index in [4.69, 9.17) is 10.7 Å². The van der Waals surface area contributed by atoms with Crippen LogP contribution in [-0.2, 0) is 6.54 Å². The molecule has 7 heteroatoms. The molecule has 2 N–H and O–H groups in total. The smallest absolute Gasteiger partial charge is 0.195 e. The maximum atomic E-state index is 5.94. The van der Waals surface area contributed by atoms with Crippen LogP contribution in [0.15, 0.2) is 11.6 Å². The summed E-state index contributed by atoms with van der Waals surface area (Å²) < 4.78 is 2.12. The predicted molar refractivity (Wildman–Crippen MR) is 88.2 cm³/mol. The fourth-order valence-electron chi connectivity index (χ4n) is 2.79. The molecule has 116 valence electrons. The number of nitrogens with zero attached hydrogens (tertiary/aromatic N) is 5. The Hall–Kier alpha value is -1.15. The van der Waals surface area contributed by atoms with Gasteiger partial charge in [0.2, 0.25) is 0 Å². The molecule has 0 saturated carbocycles. The van der Waals surface area contributed by atoms with Gasteiger partial charge >= 0.3 is 0 Å². The second-order valence-corrected chi connectivity index (χ2v) is 6.65. The minimum absolute atomic E-state index is 0.536. The van der Waals surface area contributed by atoms with Gasteiger partial charge in [0.25, 0.3) is 0 Å². The lowest BCUT2D eigenvalue weighted by Gasteiger charge is -2.35. The summed E-state index contributed by atoms with van der Waals surface area (Å²) in [5.41, 5.74) is 7.07. The van der Waals surface area contributed by atoms with Crippen molar-refractivity contribution in [2.75, 3.05) is 58.3 Å². The van der Waals surface area contributed by atoms with Crippen molar-refractivity contribution in [3.05, 3.63) is 17.3 Å². The number of nitrogens with two attached hydrogens (primary N) is 1. The van der Waals surface area contributed by atoms with Crippen LogP contribution in [0.4, 0.5) is 5.82 Å². The van der Waals surface area contributed by atoms with Gasteiger partial charge in [-0.1, -0.05) is 0 Å². The van der Waals surface area contributed by atoms with E-state index in [-0.39, 0.29) is 0 Å². The minimum Gasteiger partial charge on any atom is -0.352 e. The Morgan fingerprint density at radius 2 is 2.05 bits per heavy atom. The highest BCUT2D eigenvalue weighted by Gasteiger charge is 2.22.